The standard InChI is InChI=1S/C59H98O6/c1-4-7-10-13-16-19-22-24-26-28-29-30-31-32-34-35-37-40-43-46-49-52-58(61)64-55-56(54-63-57(60)51-48-45-42-39-21-18-15-12-9-6-3)65-59(62)53-50-47-44-41-38-36-33-27-25-23-20-17-14-11-8-5-2/h7,10,16,19-20,23-24,26-27,29-30,32-34,37,40,56H,4-6,8-9,11-15,17-18,21-22,25,28,31,35-36,38-39,41-55H2,1-3H3/b10-7-,19-16-,23-20-,26-24-,30-29-,33-27-,34-32-,40-37-. The van der Waals surface area contributed by atoms with Crippen LogP contribution in [0.4, 0.5) is 0 Å². The lowest BCUT2D eigenvalue weighted by Gasteiger charge is -2.18. The first-order valence-corrected chi connectivity index (χ1v) is 26.7. The summed E-state index contributed by atoms with van der Waals surface area (Å²) >= 11 is 0. The Morgan fingerprint density at radius 3 is 0.985 bits per heavy atom. The number of carbonyl (C=O) groups excluding carboxylic acids is 3. The molecular weight excluding hydrogens is 805 g/mol. The van der Waals surface area contributed by atoms with Crippen molar-refractivity contribution in [1.29, 1.82) is 0 Å². The lowest BCUT2D eigenvalue weighted by molar-refractivity contribution is -0.167. The van der Waals surface area contributed by atoms with Crippen LogP contribution in [0.5, 0.6) is 0 Å². The monoisotopic (exact) mass is 903 g/mol. The lowest BCUT2D eigenvalue weighted by atomic mass is 10.1. The van der Waals surface area contributed by atoms with Crippen molar-refractivity contribution in [1.82, 2.24) is 0 Å². The zero-order valence-electron chi connectivity index (χ0n) is 42.2. The SMILES string of the molecule is CC/C=C\C/C=C\C/C=C\C/C=C\C/C=C\C/C=C\CCCCC(=O)OCC(COC(=O)CCCCCCCCCCCC)OC(=O)CCCCCCC/C=C\C/C=C\CCCCCC. The Hall–Kier alpha value is -3.67. The molecule has 0 saturated heterocycles. The Morgan fingerprint density at radius 2 is 0.600 bits per heavy atom. The van der Waals surface area contributed by atoms with Crippen molar-refractivity contribution >= 4 is 17.9 Å². The highest BCUT2D eigenvalue weighted by molar-refractivity contribution is 5.71. The fraction of sp³-hybridized carbons (Fsp3) is 0.678. The number of esters is 3. The molecule has 0 heterocycles. The van der Waals surface area contributed by atoms with E-state index >= 15 is 0 Å². The van der Waals surface area contributed by atoms with Crippen molar-refractivity contribution < 1.29 is 28.6 Å². The Kier molecular flexibility index (Phi) is 50.0. The van der Waals surface area contributed by atoms with Gasteiger partial charge in [0, 0.05) is 19.3 Å². The molecule has 1 atom stereocenters. The molecular formula is C59H98O6. The third-order valence-electron chi connectivity index (χ3n) is 11.1. The number of carbonyl (C=O) groups is 3. The van der Waals surface area contributed by atoms with Crippen LogP contribution in [-0.2, 0) is 28.6 Å². The minimum Gasteiger partial charge on any atom is -0.462 e. The summed E-state index contributed by atoms with van der Waals surface area (Å²) in [7, 11) is 0. The van der Waals surface area contributed by atoms with Gasteiger partial charge in [-0.05, 0) is 103 Å². The van der Waals surface area contributed by atoms with Crippen LogP contribution in [0.1, 0.15) is 239 Å². The molecule has 0 amide bonds. The van der Waals surface area contributed by atoms with Crippen molar-refractivity contribution in [3.8, 4) is 0 Å². The molecule has 370 valence electrons. The molecule has 0 aliphatic heterocycles. The summed E-state index contributed by atoms with van der Waals surface area (Å²) in [6, 6.07) is 0. The number of unbranched alkanes of at least 4 members (excludes halogenated alkanes) is 20. The topological polar surface area (TPSA) is 78.9 Å². The summed E-state index contributed by atoms with van der Waals surface area (Å²) in [5.41, 5.74) is 0. The molecule has 6 nitrogen and oxygen atoms in total. The molecule has 0 aliphatic carbocycles. The molecule has 0 fully saturated rings. The second-order valence-corrected chi connectivity index (χ2v) is 17.4. The van der Waals surface area contributed by atoms with Crippen LogP contribution in [-0.4, -0.2) is 37.2 Å². The van der Waals surface area contributed by atoms with Crippen molar-refractivity contribution in [2.45, 2.75) is 245 Å². The summed E-state index contributed by atoms with van der Waals surface area (Å²) in [5.74, 6) is -0.959. The van der Waals surface area contributed by atoms with Crippen LogP contribution in [0.3, 0.4) is 0 Å². The number of allylic oxidation sites excluding steroid dienone is 16. The summed E-state index contributed by atoms with van der Waals surface area (Å²) in [6.07, 6.45) is 69.6. The van der Waals surface area contributed by atoms with E-state index in [9.17, 15) is 14.4 Å². The second-order valence-electron chi connectivity index (χ2n) is 17.4. The van der Waals surface area contributed by atoms with E-state index in [1.807, 2.05) is 0 Å². The number of rotatable bonds is 47. The van der Waals surface area contributed by atoms with E-state index in [0.717, 1.165) is 122 Å². The maximum Gasteiger partial charge on any atom is 0.306 e. The zero-order chi connectivity index (χ0) is 47.2. The largest absolute Gasteiger partial charge is 0.462 e. The van der Waals surface area contributed by atoms with E-state index in [4.69, 9.17) is 14.2 Å². The first-order chi connectivity index (χ1) is 32.0. The van der Waals surface area contributed by atoms with Crippen LogP contribution < -0.4 is 0 Å². The Bertz CT molecular complexity index is 1310. The fourth-order valence-corrected chi connectivity index (χ4v) is 7.06. The third-order valence-corrected chi connectivity index (χ3v) is 11.1. The van der Waals surface area contributed by atoms with Crippen LogP contribution in [0.2, 0.25) is 0 Å². The fourth-order valence-electron chi connectivity index (χ4n) is 7.06. The predicted molar refractivity (Wildman–Crippen MR) is 279 cm³/mol. The van der Waals surface area contributed by atoms with Gasteiger partial charge >= 0.3 is 17.9 Å². The molecule has 0 radical (unpaired) electrons. The molecule has 0 N–H and O–H groups in total. The summed E-state index contributed by atoms with van der Waals surface area (Å²) in [4.78, 5) is 38.0. The summed E-state index contributed by atoms with van der Waals surface area (Å²) in [6.45, 7) is 6.44. The van der Waals surface area contributed by atoms with Crippen LogP contribution in [0, 0.1) is 0 Å². The minimum absolute atomic E-state index is 0.0967. The van der Waals surface area contributed by atoms with Gasteiger partial charge in [0.2, 0.25) is 0 Å². The molecule has 6 heteroatoms. The molecule has 0 aromatic carbocycles. The second kappa shape index (κ2) is 52.9. The highest BCUT2D eigenvalue weighted by Crippen LogP contribution is 2.14. The van der Waals surface area contributed by atoms with E-state index in [-0.39, 0.29) is 31.1 Å². The maximum atomic E-state index is 12.8. The van der Waals surface area contributed by atoms with E-state index in [2.05, 4.69) is 118 Å². The number of hydrogen-bond donors (Lipinski definition) is 0. The highest BCUT2D eigenvalue weighted by Gasteiger charge is 2.19. The highest BCUT2D eigenvalue weighted by atomic mass is 16.6. The number of ether oxygens (including phenoxy) is 3. The molecule has 0 spiro atoms. The molecule has 0 rings (SSSR count). The van der Waals surface area contributed by atoms with Gasteiger partial charge in [0.1, 0.15) is 13.2 Å². The van der Waals surface area contributed by atoms with Gasteiger partial charge in [-0.1, -0.05) is 214 Å². The molecule has 0 saturated carbocycles. The molecule has 0 aliphatic rings. The molecule has 1 unspecified atom stereocenters. The third kappa shape index (κ3) is 51.2. The first-order valence-electron chi connectivity index (χ1n) is 26.7. The predicted octanol–water partition coefficient (Wildman–Crippen LogP) is 17.8. The van der Waals surface area contributed by atoms with Gasteiger partial charge in [-0.15, -0.1) is 0 Å². The smallest absolute Gasteiger partial charge is 0.306 e. The van der Waals surface area contributed by atoms with Gasteiger partial charge in [-0.3, -0.25) is 14.4 Å². The quantitative estimate of drug-likeness (QED) is 0.0262. The Balaban J connectivity index is 4.45. The van der Waals surface area contributed by atoms with Gasteiger partial charge < -0.3 is 14.2 Å². The molecule has 0 aromatic heterocycles. The van der Waals surface area contributed by atoms with E-state index in [1.165, 1.54) is 77.0 Å². The Morgan fingerprint density at radius 1 is 0.323 bits per heavy atom. The van der Waals surface area contributed by atoms with Crippen LogP contribution in [0.25, 0.3) is 0 Å². The lowest BCUT2D eigenvalue weighted by Crippen LogP contribution is -2.30. The van der Waals surface area contributed by atoms with Crippen molar-refractivity contribution in [3.63, 3.8) is 0 Å². The van der Waals surface area contributed by atoms with E-state index in [1.54, 1.807) is 0 Å². The maximum absolute atomic E-state index is 12.8. The number of hydrogen-bond acceptors (Lipinski definition) is 6. The van der Waals surface area contributed by atoms with Crippen molar-refractivity contribution in [2.24, 2.45) is 0 Å². The Labute approximate surface area is 400 Å². The van der Waals surface area contributed by atoms with E-state index < -0.39 is 6.10 Å². The molecule has 0 bridgehead atoms. The zero-order valence-corrected chi connectivity index (χ0v) is 42.2. The van der Waals surface area contributed by atoms with Crippen LogP contribution >= 0.6 is 0 Å². The van der Waals surface area contributed by atoms with Gasteiger partial charge in [-0.2, -0.15) is 0 Å². The van der Waals surface area contributed by atoms with Crippen LogP contribution in [0.15, 0.2) is 97.2 Å². The van der Waals surface area contributed by atoms with Crippen molar-refractivity contribution in [2.75, 3.05) is 13.2 Å². The normalized spacial score (nSPS) is 12.8. The van der Waals surface area contributed by atoms with Crippen molar-refractivity contribution in [3.05, 3.63) is 97.2 Å². The van der Waals surface area contributed by atoms with Gasteiger partial charge in [0.25, 0.3) is 0 Å². The van der Waals surface area contributed by atoms with Gasteiger partial charge in [0.15, 0.2) is 6.10 Å². The van der Waals surface area contributed by atoms with Gasteiger partial charge in [-0.25, -0.2) is 0 Å². The van der Waals surface area contributed by atoms with E-state index in [0.29, 0.717) is 19.3 Å². The summed E-state index contributed by atoms with van der Waals surface area (Å²) in [5, 5.41) is 0. The molecule has 0 aromatic rings. The summed E-state index contributed by atoms with van der Waals surface area (Å²) < 4.78 is 16.7. The van der Waals surface area contributed by atoms with Gasteiger partial charge in [0.05, 0.1) is 0 Å². The minimum atomic E-state index is -0.801. The average molecular weight is 903 g/mol. The molecule has 65 heavy (non-hydrogen) atoms. The first kappa shape index (κ1) is 61.3. The average Bonchev–Trinajstić information content (AvgIpc) is 3.30.